The molecule has 0 atom stereocenters. The van der Waals surface area contributed by atoms with Gasteiger partial charge in [-0.3, -0.25) is 4.98 Å². The lowest BCUT2D eigenvalue weighted by atomic mass is 10.2. The predicted molar refractivity (Wildman–Crippen MR) is 56.9 cm³/mol. The Kier molecular flexibility index (Phi) is 2.41. The van der Waals surface area contributed by atoms with E-state index in [9.17, 15) is 0 Å². The number of thiophene rings is 1. The molecule has 0 N–H and O–H groups in total. The maximum atomic E-state index is 4.27. The Morgan fingerprint density at radius 1 is 1.38 bits per heavy atom. The Hall–Kier alpha value is -1.15. The predicted octanol–water partition coefficient (Wildman–Crippen LogP) is 3.37. The lowest BCUT2D eigenvalue weighted by molar-refractivity contribution is 1.04. The first-order valence-electron chi connectivity index (χ1n) is 4.39. The average molecular weight is 189 g/mol. The topological polar surface area (TPSA) is 12.9 Å². The van der Waals surface area contributed by atoms with Gasteiger partial charge in [-0.15, -0.1) is 11.3 Å². The first kappa shape index (κ1) is 8.45. The molecule has 2 rings (SSSR count). The fraction of sp³-hybridized carbons (Fsp3) is 0.182. The number of hydrogen-bond acceptors (Lipinski definition) is 2. The number of aromatic nitrogens is 1. The van der Waals surface area contributed by atoms with Crippen molar-refractivity contribution >= 4 is 11.3 Å². The zero-order valence-corrected chi connectivity index (χ0v) is 8.34. The van der Waals surface area contributed by atoms with Gasteiger partial charge in [0.15, 0.2) is 0 Å². The second-order valence-electron chi connectivity index (χ2n) is 2.87. The highest BCUT2D eigenvalue weighted by Gasteiger charge is 1.98. The van der Waals surface area contributed by atoms with Crippen molar-refractivity contribution in [1.29, 1.82) is 0 Å². The summed E-state index contributed by atoms with van der Waals surface area (Å²) in [6.07, 6.45) is 2.88. The fourth-order valence-corrected chi connectivity index (χ4v) is 1.99. The van der Waals surface area contributed by atoms with Crippen LogP contribution >= 0.6 is 11.3 Å². The van der Waals surface area contributed by atoms with Gasteiger partial charge in [0, 0.05) is 16.8 Å². The molecule has 0 aliphatic carbocycles. The highest BCUT2D eigenvalue weighted by molar-refractivity contribution is 7.13. The van der Waals surface area contributed by atoms with E-state index >= 15 is 0 Å². The molecular weight excluding hydrogens is 178 g/mol. The fourth-order valence-electron chi connectivity index (χ4n) is 1.27. The number of aryl methyl sites for hydroxylation is 1. The van der Waals surface area contributed by atoms with Crippen molar-refractivity contribution in [2.24, 2.45) is 0 Å². The van der Waals surface area contributed by atoms with E-state index in [4.69, 9.17) is 0 Å². The van der Waals surface area contributed by atoms with Crippen molar-refractivity contribution in [1.82, 2.24) is 4.98 Å². The van der Waals surface area contributed by atoms with Gasteiger partial charge in [-0.05, 0) is 35.6 Å². The Labute approximate surface area is 82.1 Å². The zero-order valence-electron chi connectivity index (χ0n) is 7.53. The molecule has 0 fully saturated rings. The minimum Gasteiger partial charge on any atom is -0.261 e. The van der Waals surface area contributed by atoms with E-state index in [0.717, 1.165) is 12.1 Å². The van der Waals surface area contributed by atoms with E-state index in [1.54, 1.807) is 11.3 Å². The molecule has 66 valence electrons. The van der Waals surface area contributed by atoms with Crippen LogP contribution in [-0.4, -0.2) is 4.98 Å². The van der Waals surface area contributed by atoms with Crippen molar-refractivity contribution in [3.05, 3.63) is 41.5 Å². The van der Waals surface area contributed by atoms with Gasteiger partial charge in [0.1, 0.15) is 0 Å². The first-order chi connectivity index (χ1) is 6.40. The highest BCUT2D eigenvalue weighted by atomic mass is 32.1. The van der Waals surface area contributed by atoms with Crippen LogP contribution in [0, 0.1) is 0 Å². The molecule has 2 heteroatoms. The van der Waals surface area contributed by atoms with Gasteiger partial charge in [0.2, 0.25) is 0 Å². The van der Waals surface area contributed by atoms with Gasteiger partial charge >= 0.3 is 0 Å². The van der Waals surface area contributed by atoms with E-state index in [2.05, 4.69) is 41.6 Å². The number of pyridine rings is 1. The number of rotatable bonds is 2. The molecule has 0 unspecified atom stereocenters. The molecule has 2 aromatic heterocycles. The van der Waals surface area contributed by atoms with Crippen LogP contribution in [0.5, 0.6) is 0 Å². The van der Waals surface area contributed by atoms with Gasteiger partial charge in [0.25, 0.3) is 0 Å². The molecule has 0 aromatic carbocycles. The van der Waals surface area contributed by atoms with Crippen LogP contribution in [-0.2, 0) is 6.42 Å². The van der Waals surface area contributed by atoms with Crippen LogP contribution < -0.4 is 0 Å². The zero-order chi connectivity index (χ0) is 9.10. The monoisotopic (exact) mass is 189 g/mol. The third-order valence-electron chi connectivity index (χ3n) is 1.98. The van der Waals surface area contributed by atoms with Gasteiger partial charge in [-0.2, -0.15) is 0 Å². The van der Waals surface area contributed by atoms with Gasteiger partial charge in [-0.1, -0.05) is 13.0 Å². The van der Waals surface area contributed by atoms with Crippen LogP contribution in [0.25, 0.3) is 10.4 Å². The van der Waals surface area contributed by atoms with Crippen molar-refractivity contribution < 1.29 is 0 Å². The molecular formula is C11H11NS. The standard InChI is InChI=1S/C11H11NS/c1-2-10-8-9(5-6-12-10)11-4-3-7-13-11/h3-8H,2H2,1H3. The number of nitrogens with zero attached hydrogens (tertiary/aromatic N) is 1. The summed E-state index contributed by atoms with van der Waals surface area (Å²) in [5.74, 6) is 0. The van der Waals surface area contributed by atoms with Crippen molar-refractivity contribution in [3.63, 3.8) is 0 Å². The van der Waals surface area contributed by atoms with Crippen LogP contribution in [0.4, 0.5) is 0 Å². The lowest BCUT2D eigenvalue weighted by Gasteiger charge is -1.99. The molecule has 0 bridgehead atoms. The summed E-state index contributed by atoms with van der Waals surface area (Å²) < 4.78 is 0. The van der Waals surface area contributed by atoms with Gasteiger partial charge in [0.05, 0.1) is 0 Å². The van der Waals surface area contributed by atoms with E-state index in [1.807, 2.05) is 6.20 Å². The van der Waals surface area contributed by atoms with E-state index < -0.39 is 0 Å². The molecule has 13 heavy (non-hydrogen) atoms. The molecule has 0 radical (unpaired) electrons. The summed E-state index contributed by atoms with van der Waals surface area (Å²) in [5, 5.41) is 2.10. The van der Waals surface area contributed by atoms with Crippen molar-refractivity contribution in [2.45, 2.75) is 13.3 Å². The van der Waals surface area contributed by atoms with Crippen LogP contribution in [0.1, 0.15) is 12.6 Å². The first-order valence-corrected chi connectivity index (χ1v) is 5.27. The van der Waals surface area contributed by atoms with Crippen molar-refractivity contribution in [2.75, 3.05) is 0 Å². The van der Waals surface area contributed by atoms with Crippen LogP contribution in [0.3, 0.4) is 0 Å². The molecule has 0 spiro atoms. The Bertz CT molecular complexity index is 379. The maximum absolute atomic E-state index is 4.27. The number of hydrogen-bond donors (Lipinski definition) is 0. The molecule has 0 amide bonds. The van der Waals surface area contributed by atoms with E-state index in [-0.39, 0.29) is 0 Å². The summed E-state index contributed by atoms with van der Waals surface area (Å²) in [6.45, 7) is 2.13. The Morgan fingerprint density at radius 2 is 2.31 bits per heavy atom. The Morgan fingerprint density at radius 3 is 3.00 bits per heavy atom. The normalized spacial score (nSPS) is 10.2. The summed E-state index contributed by atoms with van der Waals surface area (Å²) in [6, 6.07) is 8.43. The summed E-state index contributed by atoms with van der Waals surface area (Å²) in [7, 11) is 0. The summed E-state index contributed by atoms with van der Waals surface area (Å²) in [4.78, 5) is 5.59. The SMILES string of the molecule is CCc1cc(-c2cccs2)ccn1. The van der Waals surface area contributed by atoms with Gasteiger partial charge < -0.3 is 0 Å². The average Bonchev–Trinajstić information content (AvgIpc) is 2.71. The van der Waals surface area contributed by atoms with Crippen LogP contribution in [0.15, 0.2) is 35.8 Å². The maximum Gasteiger partial charge on any atom is 0.0407 e. The molecule has 2 aromatic rings. The molecule has 0 saturated carbocycles. The molecule has 2 heterocycles. The molecule has 0 aliphatic heterocycles. The third kappa shape index (κ3) is 1.78. The van der Waals surface area contributed by atoms with E-state index in [1.165, 1.54) is 10.4 Å². The highest BCUT2D eigenvalue weighted by Crippen LogP contribution is 2.24. The second kappa shape index (κ2) is 3.71. The van der Waals surface area contributed by atoms with Crippen molar-refractivity contribution in [3.8, 4) is 10.4 Å². The van der Waals surface area contributed by atoms with Gasteiger partial charge in [-0.25, -0.2) is 0 Å². The van der Waals surface area contributed by atoms with E-state index in [0.29, 0.717) is 0 Å². The van der Waals surface area contributed by atoms with Crippen LogP contribution in [0.2, 0.25) is 0 Å². The lowest BCUT2D eigenvalue weighted by Crippen LogP contribution is -1.85. The molecule has 0 saturated heterocycles. The molecule has 0 aliphatic rings. The summed E-state index contributed by atoms with van der Waals surface area (Å²) in [5.41, 5.74) is 2.44. The quantitative estimate of drug-likeness (QED) is 0.705. The largest absolute Gasteiger partial charge is 0.261 e. The Balaban J connectivity index is 2.41. The third-order valence-corrected chi connectivity index (χ3v) is 2.90. The molecule has 1 nitrogen and oxygen atoms in total. The smallest absolute Gasteiger partial charge is 0.0407 e. The minimum absolute atomic E-state index is 0.999. The summed E-state index contributed by atoms with van der Waals surface area (Å²) >= 11 is 1.77. The minimum atomic E-state index is 0.999. The second-order valence-corrected chi connectivity index (χ2v) is 3.81.